The van der Waals surface area contributed by atoms with Crippen molar-refractivity contribution in [2.24, 2.45) is 5.92 Å². The van der Waals surface area contributed by atoms with E-state index in [0.29, 0.717) is 28.6 Å². The predicted molar refractivity (Wildman–Crippen MR) is 169 cm³/mol. The number of hydrogen-bond donors (Lipinski definition) is 1. The van der Waals surface area contributed by atoms with Crippen LogP contribution in [0.1, 0.15) is 47.3 Å². The zero-order chi connectivity index (χ0) is 30.3. The van der Waals surface area contributed by atoms with Crippen LogP contribution in [0.3, 0.4) is 0 Å². The highest BCUT2D eigenvalue weighted by atomic mass is 35.5. The maximum Gasteiger partial charge on any atom is 0.348 e. The lowest BCUT2D eigenvalue weighted by Gasteiger charge is -2.36. The number of rotatable bonds is 7. The van der Waals surface area contributed by atoms with E-state index < -0.39 is 26.7 Å². The third-order valence-corrected chi connectivity index (χ3v) is 12.6. The average molecular weight is 661 g/mol. The number of benzene rings is 2. The van der Waals surface area contributed by atoms with E-state index in [0.717, 1.165) is 60.8 Å². The Morgan fingerprint density at radius 1 is 1.12 bits per heavy atom. The SMILES string of the molecule is CN1[C@H](C2CCCCC2)CN(c2ccccc2)c2cc(OCc3cscc3Cl)c(-c3cc(F)c(C(=O)O)s3)cc2S1(=O)=O. The number of aromatic carboxylic acids is 1. The highest BCUT2D eigenvalue weighted by molar-refractivity contribution is 7.89. The fourth-order valence-corrected chi connectivity index (χ4v) is 9.57. The van der Waals surface area contributed by atoms with E-state index >= 15 is 0 Å². The highest BCUT2D eigenvalue weighted by Crippen LogP contribution is 2.47. The van der Waals surface area contributed by atoms with Gasteiger partial charge in [0.25, 0.3) is 0 Å². The van der Waals surface area contributed by atoms with E-state index in [2.05, 4.69) is 0 Å². The molecule has 2 aromatic heterocycles. The van der Waals surface area contributed by atoms with E-state index in [1.165, 1.54) is 21.7 Å². The molecule has 3 heterocycles. The summed E-state index contributed by atoms with van der Waals surface area (Å²) in [5.41, 5.74) is 2.33. The Morgan fingerprint density at radius 2 is 1.86 bits per heavy atom. The van der Waals surface area contributed by atoms with Crippen LogP contribution in [0.4, 0.5) is 15.8 Å². The Bertz CT molecular complexity index is 1750. The molecule has 2 aliphatic rings. The molecule has 43 heavy (non-hydrogen) atoms. The summed E-state index contributed by atoms with van der Waals surface area (Å²) >= 11 is 8.50. The van der Waals surface area contributed by atoms with Crippen LogP contribution < -0.4 is 9.64 Å². The fourth-order valence-electron chi connectivity index (χ4n) is 6.04. The van der Waals surface area contributed by atoms with Gasteiger partial charge in [-0.05, 0) is 48.4 Å². The number of likely N-dealkylation sites (N-methyl/N-ethyl adjacent to an activating group) is 1. The third-order valence-electron chi connectivity index (χ3n) is 8.33. The Balaban J connectivity index is 1.56. The van der Waals surface area contributed by atoms with Crippen molar-refractivity contribution in [1.82, 2.24) is 4.31 Å². The number of carboxylic acid groups (broad SMARTS) is 1. The molecule has 0 unspecified atom stereocenters. The Labute approximate surface area is 263 Å². The molecule has 6 rings (SSSR count). The molecule has 0 radical (unpaired) electrons. The summed E-state index contributed by atoms with van der Waals surface area (Å²) in [6, 6.07) is 13.7. The number of nitrogens with zero attached hydrogens (tertiary/aromatic N) is 2. The molecule has 0 bridgehead atoms. The predicted octanol–water partition coefficient (Wildman–Crippen LogP) is 8.27. The summed E-state index contributed by atoms with van der Waals surface area (Å²) in [6.07, 6.45) is 5.19. The Hall–Kier alpha value is -2.96. The zero-order valence-electron chi connectivity index (χ0n) is 23.3. The highest BCUT2D eigenvalue weighted by Gasteiger charge is 2.41. The number of fused-ring (bicyclic) bond motifs is 1. The Morgan fingerprint density at radius 3 is 2.51 bits per heavy atom. The third kappa shape index (κ3) is 5.81. The molecule has 1 N–H and O–H groups in total. The molecule has 1 aliphatic heterocycles. The van der Waals surface area contributed by atoms with Crippen LogP contribution in [0, 0.1) is 11.7 Å². The molecular weight excluding hydrogens is 631 g/mol. The van der Waals surface area contributed by atoms with Crippen molar-refractivity contribution in [1.29, 1.82) is 0 Å². The number of halogens is 2. The molecule has 1 fully saturated rings. The first-order valence-corrected chi connectivity index (χ1v) is 17.6. The summed E-state index contributed by atoms with van der Waals surface area (Å²) in [4.78, 5) is 13.6. The topological polar surface area (TPSA) is 87.2 Å². The van der Waals surface area contributed by atoms with E-state index in [9.17, 15) is 22.7 Å². The zero-order valence-corrected chi connectivity index (χ0v) is 26.5. The molecule has 226 valence electrons. The molecule has 1 aliphatic carbocycles. The van der Waals surface area contributed by atoms with E-state index in [-0.39, 0.29) is 28.3 Å². The van der Waals surface area contributed by atoms with Crippen molar-refractivity contribution in [3.8, 4) is 16.2 Å². The minimum Gasteiger partial charge on any atom is -0.488 e. The molecule has 2 aromatic carbocycles. The van der Waals surface area contributed by atoms with Crippen LogP contribution in [0.25, 0.3) is 10.4 Å². The molecule has 12 heteroatoms. The molecule has 7 nitrogen and oxygen atoms in total. The standard InChI is InChI=1S/C31H30ClFN2O5S3/c1-34-26(19-8-4-2-5-9-19)15-35(21-10-6-3-7-11-21)25-14-27(40-16-20-17-41-18-23(20)32)22(12-29(25)43(34,38)39)28-13-24(33)30(42-28)31(36)37/h3,6-7,10-14,17-19,26H,2,4-5,8-9,15-16H2,1H3,(H,36,37)/t26-/m0/s1. The van der Waals surface area contributed by atoms with E-state index in [1.54, 1.807) is 18.5 Å². The largest absolute Gasteiger partial charge is 0.488 e. The average Bonchev–Trinajstić information content (AvgIpc) is 3.59. The normalized spacial score (nSPS) is 19.1. The summed E-state index contributed by atoms with van der Waals surface area (Å²) in [5, 5.41) is 13.7. The van der Waals surface area contributed by atoms with Crippen molar-refractivity contribution in [2.75, 3.05) is 18.5 Å². The lowest BCUT2D eigenvalue weighted by atomic mass is 9.83. The van der Waals surface area contributed by atoms with E-state index in [1.807, 2.05) is 40.6 Å². The minimum absolute atomic E-state index is 0.0544. The summed E-state index contributed by atoms with van der Waals surface area (Å²) < 4.78 is 51.3. The van der Waals surface area contributed by atoms with Crippen molar-refractivity contribution < 1.29 is 27.4 Å². The van der Waals surface area contributed by atoms with Crippen LogP contribution in [0.15, 0.2) is 64.2 Å². The maximum atomic E-state index is 14.7. The number of anilines is 2. The lowest BCUT2D eigenvalue weighted by molar-refractivity contribution is 0.0697. The van der Waals surface area contributed by atoms with Gasteiger partial charge in [0, 0.05) is 52.8 Å². The van der Waals surface area contributed by atoms with E-state index in [4.69, 9.17) is 16.3 Å². The monoisotopic (exact) mass is 660 g/mol. The first-order valence-electron chi connectivity index (χ1n) is 14.0. The van der Waals surface area contributed by atoms with Gasteiger partial charge in [-0.1, -0.05) is 49.1 Å². The first kappa shape index (κ1) is 30.1. The number of ether oxygens (including phenoxy) is 1. The number of thiophene rings is 2. The van der Waals surface area contributed by atoms with Crippen LogP contribution in [0.5, 0.6) is 5.75 Å². The van der Waals surface area contributed by atoms with Gasteiger partial charge in [-0.25, -0.2) is 17.6 Å². The number of para-hydroxylation sites is 1. The van der Waals surface area contributed by atoms with Crippen molar-refractivity contribution >= 4 is 61.6 Å². The second-order valence-corrected chi connectivity index (χ2v) is 15.0. The molecular formula is C31H30ClFN2O5S3. The van der Waals surface area contributed by atoms with Gasteiger partial charge in [0.2, 0.25) is 10.0 Å². The smallest absolute Gasteiger partial charge is 0.348 e. The van der Waals surface area contributed by atoms with Crippen LogP contribution in [-0.2, 0) is 16.6 Å². The van der Waals surface area contributed by atoms with Crippen molar-refractivity contribution in [3.63, 3.8) is 0 Å². The maximum absolute atomic E-state index is 14.7. The molecule has 0 amide bonds. The lowest BCUT2D eigenvalue weighted by Crippen LogP contribution is -2.46. The number of sulfonamides is 1. The van der Waals surface area contributed by atoms with Gasteiger partial charge in [-0.3, -0.25) is 0 Å². The summed E-state index contributed by atoms with van der Waals surface area (Å²) in [7, 11) is -2.38. The molecule has 1 saturated carbocycles. The van der Waals surface area contributed by atoms with Gasteiger partial charge in [-0.2, -0.15) is 15.6 Å². The first-order chi connectivity index (χ1) is 20.6. The molecule has 0 spiro atoms. The number of carboxylic acids is 1. The molecule has 4 aromatic rings. The molecule has 0 saturated heterocycles. The van der Waals surface area contributed by atoms with Gasteiger partial charge in [0.15, 0.2) is 0 Å². The number of carbonyl (C=O) groups is 1. The van der Waals surface area contributed by atoms with Gasteiger partial charge >= 0.3 is 5.97 Å². The van der Waals surface area contributed by atoms with Gasteiger partial charge < -0.3 is 14.7 Å². The van der Waals surface area contributed by atoms with Crippen LogP contribution in [0.2, 0.25) is 5.02 Å². The van der Waals surface area contributed by atoms with Gasteiger partial charge in [0.05, 0.1) is 10.7 Å². The fraction of sp³-hybridized carbons (Fsp3) is 0.323. The second-order valence-electron chi connectivity index (χ2n) is 10.9. The quantitative estimate of drug-likeness (QED) is 0.215. The van der Waals surface area contributed by atoms with Gasteiger partial charge in [0.1, 0.15) is 27.9 Å². The van der Waals surface area contributed by atoms with Crippen LogP contribution in [-0.4, -0.2) is 43.4 Å². The van der Waals surface area contributed by atoms with Crippen molar-refractivity contribution in [2.45, 2.75) is 49.6 Å². The molecule has 1 atom stereocenters. The Kier molecular flexibility index (Phi) is 8.54. The van der Waals surface area contributed by atoms with Gasteiger partial charge in [-0.15, -0.1) is 11.3 Å². The minimum atomic E-state index is -4.02. The second kappa shape index (κ2) is 12.2. The van der Waals surface area contributed by atoms with Crippen LogP contribution >= 0.6 is 34.3 Å². The van der Waals surface area contributed by atoms with Crippen molar-refractivity contribution in [3.05, 3.63) is 80.6 Å². The number of hydrogen-bond acceptors (Lipinski definition) is 7. The summed E-state index contributed by atoms with van der Waals surface area (Å²) in [6.45, 7) is 0.541. The summed E-state index contributed by atoms with van der Waals surface area (Å²) in [5.74, 6) is -1.78.